The van der Waals surface area contributed by atoms with Gasteiger partial charge in [0.05, 0.1) is 0 Å². The quantitative estimate of drug-likeness (QED) is 0.867. The molecule has 2 rings (SSSR count). The lowest BCUT2D eigenvalue weighted by molar-refractivity contribution is -0.130. The SMILES string of the molecule is CCc1ccc(S(=O)(=O)NCCN2CCCCCC2=O)s1. The summed E-state index contributed by atoms with van der Waals surface area (Å²) < 4.78 is 27.2. The third-order valence-electron chi connectivity index (χ3n) is 3.60. The number of rotatable bonds is 6. The summed E-state index contributed by atoms with van der Waals surface area (Å²) in [5, 5.41) is 0. The van der Waals surface area contributed by atoms with E-state index in [4.69, 9.17) is 0 Å². The van der Waals surface area contributed by atoms with Gasteiger partial charge in [0.1, 0.15) is 4.21 Å². The lowest BCUT2D eigenvalue weighted by Crippen LogP contribution is -2.38. The molecule has 0 unspecified atom stereocenters. The first-order chi connectivity index (χ1) is 10.0. The van der Waals surface area contributed by atoms with Crippen LogP contribution in [0.5, 0.6) is 0 Å². The molecule has 5 nitrogen and oxygen atoms in total. The van der Waals surface area contributed by atoms with Crippen LogP contribution in [-0.4, -0.2) is 38.9 Å². The fourth-order valence-electron chi connectivity index (χ4n) is 2.35. The van der Waals surface area contributed by atoms with E-state index in [1.54, 1.807) is 11.0 Å². The van der Waals surface area contributed by atoms with Crippen molar-refractivity contribution in [2.24, 2.45) is 0 Å². The van der Waals surface area contributed by atoms with Crippen LogP contribution >= 0.6 is 11.3 Å². The lowest BCUT2D eigenvalue weighted by Gasteiger charge is -2.20. The number of nitrogens with one attached hydrogen (secondary N) is 1. The average Bonchev–Trinajstić information content (AvgIpc) is 2.86. The number of hydrogen-bond donors (Lipinski definition) is 1. The van der Waals surface area contributed by atoms with Crippen LogP contribution in [-0.2, 0) is 21.2 Å². The zero-order valence-electron chi connectivity index (χ0n) is 12.3. The average molecular weight is 330 g/mol. The van der Waals surface area contributed by atoms with E-state index >= 15 is 0 Å². The van der Waals surface area contributed by atoms with Gasteiger partial charge in [-0.25, -0.2) is 13.1 Å². The molecule has 2 heterocycles. The highest BCUT2D eigenvalue weighted by atomic mass is 32.2. The van der Waals surface area contributed by atoms with Gasteiger partial charge in [-0.2, -0.15) is 0 Å². The molecule has 0 radical (unpaired) electrons. The lowest BCUT2D eigenvalue weighted by atomic mass is 10.2. The summed E-state index contributed by atoms with van der Waals surface area (Å²) in [4.78, 5) is 14.7. The molecule has 1 aromatic heterocycles. The van der Waals surface area contributed by atoms with Gasteiger partial charge in [0.25, 0.3) is 0 Å². The summed E-state index contributed by atoms with van der Waals surface area (Å²) in [5.41, 5.74) is 0. The van der Waals surface area contributed by atoms with Crippen molar-refractivity contribution in [1.29, 1.82) is 0 Å². The number of hydrogen-bond acceptors (Lipinski definition) is 4. The Morgan fingerprint density at radius 1 is 1.29 bits per heavy atom. The molecule has 0 aromatic carbocycles. The standard InChI is InChI=1S/C14H22N2O3S2/c1-2-12-7-8-14(20-12)21(18,19)15-9-11-16-10-5-3-4-6-13(16)17/h7-8,15H,2-6,9-11H2,1H3. The fraction of sp³-hybridized carbons (Fsp3) is 0.643. The van der Waals surface area contributed by atoms with Gasteiger partial charge in [0.15, 0.2) is 0 Å². The number of thiophene rings is 1. The zero-order valence-corrected chi connectivity index (χ0v) is 13.9. The minimum Gasteiger partial charge on any atom is -0.341 e. The van der Waals surface area contributed by atoms with Crippen LogP contribution < -0.4 is 4.72 Å². The van der Waals surface area contributed by atoms with Crippen molar-refractivity contribution in [1.82, 2.24) is 9.62 Å². The molecule has 0 aliphatic carbocycles. The number of nitrogens with zero attached hydrogens (tertiary/aromatic N) is 1. The van der Waals surface area contributed by atoms with E-state index in [0.29, 0.717) is 17.2 Å². The normalized spacial score (nSPS) is 17.0. The van der Waals surface area contributed by atoms with Crippen molar-refractivity contribution in [2.75, 3.05) is 19.6 Å². The molecule has 1 saturated heterocycles. The Bertz CT molecular complexity index is 581. The summed E-state index contributed by atoms with van der Waals surface area (Å²) in [6.07, 6.45) is 4.43. The van der Waals surface area contributed by atoms with Crippen LogP contribution in [0.25, 0.3) is 0 Å². The monoisotopic (exact) mass is 330 g/mol. The van der Waals surface area contributed by atoms with Crippen molar-refractivity contribution in [3.05, 3.63) is 17.0 Å². The van der Waals surface area contributed by atoms with E-state index in [-0.39, 0.29) is 12.5 Å². The van der Waals surface area contributed by atoms with Crippen molar-refractivity contribution in [3.8, 4) is 0 Å². The van der Waals surface area contributed by atoms with Gasteiger partial charge in [0.2, 0.25) is 15.9 Å². The molecule has 1 aliphatic rings. The van der Waals surface area contributed by atoms with Crippen molar-refractivity contribution < 1.29 is 13.2 Å². The second kappa shape index (κ2) is 7.38. The maximum absolute atomic E-state index is 12.1. The maximum Gasteiger partial charge on any atom is 0.250 e. The molecule has 7 heteroatoms. The van der Waals surface area contributed by atoms with Crippen molar-refractivity contribution >= 4 is 27.3 Å². The van der Waals surface area contributed by atoms with Crippen molar-refractivity contribution in [2.45, 2.75) is 43.2 Å². The topological polar surface area (TPSA) is 66.5 Å². The zero-order chi connectivity index (χ0) is 15.3. The van der Waals surface area contributed by atoms with Gasteiger partial charge in [-0.1, -0.05) is 13.3 Å². The first kappa shape index (κ1) is 16.5. The van der Waals surface area contributed by atoms with E-state index in [2.05, 4.69) is 4.72 Å². The number of carbonyl (C=O) groups excluding carboxylic acids is 1. The number of aryl methyl sites for hydroxylation is 1. The smallest absolute Gasteiger partial charge is 0.250 e. The van der Waals surface area contributed by atoms with Gasteiger partial charge in [0, 0.05) is 30.9 Å². The van der Waals surface area contributed by atoms with Crippen LogP contribution in [0.15, 0.2) is 16.3 Å². The Labute approximate surface area is 130 Å². The molecule has 21 heavy (non-hydrogen) atoms. The fourth-order valence-corrected chi connectivity index (χ4v) is 4.71. The van der Waals surface area contributed by atoms with Crippen LogP contribution in [0.4, 0.5) is 0 Å². The summed E-state index contributed by atoms with van der Waals surface area (Å²) in [6.45, 7) is 3.46. The highest BCUT2D eigenvalue weighted by Gasteiger charge is 2.19. The highest BCUT2D eigenvalue weighted by molar-refractivity contribution is 7.91. The molecular formula is C14H22N2O3S2. The van der Waals surface area contributed by atoms with Crippen LogP contribution in [0, 0.1) is 0 Å². The largest absolute Gasteiger partial charge is 0.341 e. The molecule has 1 amide bonds. The Kier molecular flexibility index (Phi) is 5.78. The van der Waals surface area contributed by atoms with Gasteiger partial charge in [-0.3, -0.25) is 4.79 Å². The van der Waals surface area contributed by atoms with Gasteiger partial charge in [-0.05, 0) is 31.4 Å². The molecule has 0 spiro atoms. The Morgan fingerprint density at radius 2 is 2.10 bits per heavy atom. The Morgan fingerprint density at radius 3 is 2.81 bits per heavy atom. The predicted molar refractivity (Wildman–Crippen MR) is 83.9 cm³/mol. The first-order valence-corrected chi connectivity index (χ1v) is 9.69. The molecule has 0 bridgehead atoms. The van der Waals surface area contributed by atoms with Crippen LogP contribution in [0.2, 0.25) is 0 Å². The predicted octanol–water partition coefficient (Wildman–Crippen LogP) is 1.99. The third-order valence-corrected chi connectivity index (χ3v) is 6.78. The molecule has 118 valence electrons. The number of sulfonamides is 1. The van der Waals surface area contributed by atoms with Crippen LogP contribution in [0.1, 0.15) is 37.5 Å². The van der Waals surface area contributed by atoms with E-state index in [1.165, 1.54) is 11.3 Å². The van der Waals surface area contributed by atoms with Crippen molar-refractivity contribution in [3.63, 3.8) is 0 Å². The summed E-state index contributed by atoms with van der Waals surface area (Å²) in [6, 6.07) is 3.49. The molecule has 0 atom stereocenters. The van der Waals surface area contributed by atoms with E-state index in [0.717, 1.165) is 37.1 Å². The molecule has 1 fully saturated rings. The highest BCUT2D eigenvalue weighted by Crippen LogP contribution is 2.21. The van der Waals surface area contributed by atoms with E-state index in [9.17, 15) is 13.2 Å². The number of amides is 1. The minimum absolute atomic E-state index is 0.135. The molecule has 1 N–H and O–H groups in total. The third kappa shape index (κ3) is 4.52. The minimum atomic E-state index is -3.45. The second-order valence-electron chi connectivity index (χ2n) is 5.16. The molecule has 0 saturated carbocycles. The van der Waals surface area contributed by atoms with E-state index < -0.39 is 10.0 Å². The van der Waals surface area contributed by atoms with Crippen LogP contribution in [0.3, 0.4) is 0 Å². The van der Waals surface area contributed by atoms with Gasteiger partial charge in [-0.15, -0.1) is 11.3 Å². The van der Waals surface area contributed by atoms with Gasteiger partial charge < -0.3 is 4.90 Å². The summed E-state index contributed by atoms with van der Waals surface area (Å²) in [5.74, 6) is 0.135. The van der Waals surface area contributed by atoms with E-state index in [1.807, 2.05) is 13.0 Å². The molecule has 1 aliphatic heterocycles. The number of likely N-dealkylation sites (tertiary alicyclic amines) is 1. The first-order valence-electron chi connectivity index (χ1n) is 7.39. The second-order valence-corrected chi connectivity index (χ2v) is 8.33. The molecular weight excluding hydrogens is 308 g/mol. The van der Waals surface area contributed by atoms with Gasteiger partial charge >= 0.3 is 0 Å². The molecule has 1 aromatic rings. The summed E-state index contributed by atoms with van der Waals surface area (Å²) in [7, 11) is -3.45. The Balaban J connectivity index is 1.88. The Hall–Kier alpha value is -0.920. The summed E-state index contributed by atoms with van der Waals surface area (Å²) >= 11 is 1.30. The number of carbonyl (C=O) groups is 1. The maximum atomic E-state index is 12.1.